The maximum absolute atomic E-state index is 13.2. The molecular formula is C23H19FN6O3. The number of nitrogens with zero attached hydrogens (tertiary/aromatic N) is 4. The van der Waals surface area contributed by atoms with Crippen molar-refractivity contribution in [3.05, 3.63) is 100 Å². The molecule has 3 N–H and O–H groups in total. The van der Waals surface area contributed by atoms with Gasteiger partial charge >= 0.3 is 0 Å². The van der Waals surface area contributed by atoms with E-state index in [0.29, 0.717) is 29.9 Å². The lowest BCUT2D eigenvalue weighted by atomic mass is 10.0. The van der Waals surface area contributed by atoms with E-state index in [9.17, 15) is 19.3 Å². The third-order valence-corrected chi connectivity index (χ3v) is 5.05. The predicted octanol–water partition coefficient (Wildman–Crippen LogP) is 4.07. The number of aromatic nitrogens is 3. The first-order valence-electron chi connectivity index (χ1n) is 10.00. The molecule has 1 aromatic heterocycles. The van der Waals surface area contributed by atoms with E-state index >= 15 is 0 Å². The Morgan fingerprint density at radius 1 is 1.09 bits per heavy atom. The molecular weight excluding hydrogens is 427 g/mol. The van der Waals surface area contributed by atoms with Gasteiger partial charge in [0.05, 0.1) is 22.5 Å². The number of nitro benzene ring substituents is 1. The Bertz CT molecular complexity index is 1320. The average Bonchev–Trinajstić information content (AvgIpc) is 3.29. The second-order valence-corrected chi connectivity index (χ2v) is 7.27. The molecule has 0 aliphatic rings. The number of halogens is 1. The largest absolute Gasteiger partial charge is 0.397 e. The minimum absolute atomic E-state index is 0.0343. The molecule has 4 aromatic rings. The van der Waals surface area contributed by atoms with Crippen LogP contribution in [0.2, 0.25) is 0 Å². The first-order chi connectivity index (χ1) is 15.9. The number of para-hydroxylation sites is 1. The van der Waals surface area contributed by atoms with Gasteiger partial charge in [-0.05, 0) is 41.8 Å². The first-order valence-corrected chi connectivity index (χ1v) is 10.00. The van der Waals surface area contributed by atoms with Gasteiger partial charge in [0.1, 0.15) is 5.82 Å². The van der Waals surface area contributed by atoms with Crippen molar-refractivity contribution < 1.29 is 14.1 Å². The highest BCUT2D eigenvalue weighted by molar-refractivity contribution is 6.04. The van der Waals surface area contributed by atoms with Crippen molar-refractivity contribution >= 4 is 23.0 Å². The third-order valence-electron chi connectivity index (χ3n) is 5.05. The first kappa shape index (κ1) is 21.6. The lowest BCUT2D eigenvalue weighted by Crippen LogP contribution is -2.14. The van der Waals surface area contributed by atoms with Gasteiger partial charge in [-0.15, -0.1) is 5.10 Å². The van der Waals surface area contributed by atoms with Crippen LogP contribution in [0.1, 0.15) is 16.1 Å². The van der Waals surface area contributed by atoms with Crippen LogP contribution < -0.4 is 11.1 Å². The summed E-state index contributed by atoms with van der Waals surface area (Å²) in [5.74, 6) is -0.845. The highest BCUT2D eigenvalue weighted by atomic mass is 19.1. The van der Waals surface area contributed by atoms with Crippen LogP contribution in [-0.2, 0) is 13.0 Å². The number of carbonyl (C=O) groups is 1. The average molecular weight is 446 g/mol. The van der Waals surface area contributed by atoms with E-state index in [4.69, 9.17) is 5.73 Å². The molecule has 1 amide bonds. The summed E-state index contributed by atoms with van der Waals surface area (Å²) in [6.45, 7) is 0.313. The minimum atomic E-state index is -0.505. The van der Waals surface area contributed by atoms with Crippen molar-refractivity contribution in [3.63, 3.8) is 0 Å². The van der Waals surface area contributed by atoms with Crippen LogP contribution in [-0.4, -0.2) is 25.8 Å². The fourth-order valence-corrected chi connectivity index (χ4v) is 3.32. The van der Waals surface area contributed by atoms with Gasteiger partial charge in [0.25, 0.3) is 11.6 Å². The van der Waals surface area contributed by atoms with Crippen LogP contribution in [0.5, 0.6) is 0 Å². The van der Waals surface area contributed by atoms with Gasteiger partial charge in [-0.25, -0.2) is 4.39 Å². The summed E-state index contributed by atoms with van der Waals surface area (Å²) in [6.07, 6.45) is 1.82. The van der Waals surface area contributed by atoms with Crippen molar-refractivity contribution in [2.24, 2.45) is 0 Å². The molecule has 0 unspecified atom stereocenters. The summed E-state index contributed by atoms with van der Waals surface area (Å²) in [4.78, 5) is 23.4. The summed E-state index contributed by atoms with van der Waals surface area (Å²) in [5.41, 5.74) is 8.95. The molecule has 0 saturated carbocycles. The second kappa shape index (κ2) is 9.27. The van der Waals surface area contributed by atoms with E-state index in [0.717, 1.165) is 11.1 Å². The number of rotatable bonds is 7. The van der Waals surface area contributed by atoms with E-state index in [-0.39, 0.29) is 17.2 Å². The number of nitrogens with one attached hydrogen (secondary N) is 1. The van der Waals surface area contributed by atoms with Gasteiger partial charge in [-0.1, -0.05) is 41.6 Å². The van der Waals surface area contributed by atoms with Crippen LogP contribution in [0.15, 0.2) is 72.9 Å². The van der Waals surface area contributed by atoms with Crippen molar-refractivity contribution in [3.8, 4) is 11.1 Å². The highest BCUT2D eigenvalue weighted by Crippen LogP contribution is 2.28. The number of nitro groups is 1. The second-order valence-electron chi connectivity index (χ2n) is 7.27. The molecule has 0 spiro atoms. The number of anilines is 2. The van der Waals surface area contributed by atoms with E-state index in [2.05, 4.69) is 15.6 Å². The molecule has 9 nitrogen and oxygen atoms in total. The van der Waals surface area contributed by atoms with E-state index in [1.54, 1.807) is 48.5 Å². The lowest BCUT2D eigenvalue weighted by molar-refractivity contribution is -0.385. The number of hydrogen-bond donors (Lipinski definition) is 2. The fourth-order valence-electron chi connectivity index (χ4n) is 3.32. The predicted molar refractivity (Wildman–Crippen MR) is 121 cm³/mol. The molecule has 0 radical (unpaired) electrons. The molecule has 166 valence electrons. The number of amides is 1. The Morgan fingerprint density at radius 2 is 1.82 bits per heavy atom. The Kier molecular flexibility index (Phi) is 6.07. The molecule has 3 aromatic carbocycles. The summed E-state index contributed by atoms with van der Waals surface area (Å²) < 4.78 is 14.6. The van der Waals surface area contributed by atoms with Crippen LogP contribution in [0.3, 0.4) is 0 Å². The smallest absolute Gasteiger partial charge is 0.277 e. The summed E-state index contributed by atoms with van der Waals surface area (Å²) >= 11 is 0. The molecule has 1 heterocycles. The fraction of sp³-hybridized carbons (Fsp3) is 0.0870. The molecule has 33 heavy (non-hydrogen) atoms. The van der Waals surface area contributed by atoms with Crippen LogP contribution >= 0.6 is 0 Å². The third kappa shape index (κ3) is 5.01. The molecule has 10 heteroatoms. The van der Waals surface area contributed by atoms with Crippen LogP contribution in [0.25, 0.3) is 11.1 Å². The zero-order valence-electron chi connectivity index (χ0n) is 17.3. The van der Waals surface area contributed by atoms with Crippen molar-refractivity contribution in [1.29, 1.82) is 0 Å². The van der Waals surface area contributed by atoms with E-state index in [1.165, 1.54) is 29.1 Å². The molecule has 0 fully saturated rings. The maximum Gasteiger partial charge on any atom is 0.277 e. The summed E-state index contributed by atoms with van der Waals surface area (Å²) in [7, 11) is 0. The quantitative estimate of drug-likeness (QED) is 0.250. The number of aryl methyl sites for hydroxylation is 2. The summed E-state index contributed by atoms with van der Waals surface area (Å²) in [6, 6.07) is 17.6. The maximum atomic E-state index is 13.2. The molecule has 0 aliphatic carbocycles. The van der Waals surface area contributed by atoms with Gasteiger partial charge in [0, 0.05) is 18.2 Å². The molecule has 0 saturated heterocycles. The number of carbonyl (C=O) groups excluding carboxylic acids is 1. The number of benzene rings is 3. The van der Waals surface area contributed by atoms with E-state index in [1.807, 2.05) is 0 Å². The molecule has 0 bridgehead atoms. The Balaban J connectivity index is 1.45. The topological polar surface area (TPSA) is 129 Å². The number of nitrogens with two attached hydrogens (primary N) is 1. The molecule has 0 atom stereocenters. The molecule has 4 rings (SSSR count). The SMILES string of the molecule is Nc1ccc(-c2ccc(F)cc2)cc1NC(=O)c1cn(CCc2ccccc2[N+](=O)[O-])nn1. The van der Waals surface area contributed by atoms with Crippen LogP contribution in [0, 0.1) is 15.9 Å². The minimum Gasteiger partial charge on any atom is -0.397 e. The Labute approximate surface area is 187 Å². The van der Waals surface area contributed by atoms with Gasteiger partial charge in [0.2, 0.25) is 0 Å². The van der Waals surface area contributed by atoms with Crippen molar-refractivity contribution in [1.82, 2.24) is 15.0 Å². The van der Waals surface area contributed by atoms with Crippen molar-refractivity contribution in [2.45, 2.75) is 13.0 Å². The lowest BCUT2D eigenvalue weighted by Gasteiger charge is -2.10. The zero-order valence-corrected chi connectivity index (χ0v) is 17.3. The van der Waals surface area contributed by atoms with Crippen LogP contribution in [0.4, 0.5) is 21.5 Å². The number of nitrogen functional groups attached to an aromatic ring is 1. The number of hydrogen-bond acceptors (Lipinski definition) is 6. The summed E-state index contributed by atoms with van der Waals surface area (Å²) in [5, 5.41) is 21.7. The zero-order chi connectivity index (χ0) is 23.4. The monoisotopic (exact) mass is 446 g/mol. The van der Waals surface area contributed by atoms with Gasteiger partial charge in [-0.2, -0.15) is 0 Å². The van der Waals surface area contributed by atoms with Gasteiger partial charge in [-0.3, -0.25) is 19.6 Å². The van der Waals surface area contributed by atoms with Crippen molar-refractivity contribution in [2.75, 3.05) is 11.1 Å². The normalized spacial score (nSPS) is 10.7. The van der Waals surface area contributed by atoms with E-state index < -0.39 is 10.8 Å². The molecule has 0 aliphatic heterocycles. The van der Waals surface area contributed by atoms with Gasteiger partial charge in [0.15, 0.2) is 5.69 Å². The Morgan fingerprint density at radius 3 is 2.58 bits per heavy atom. The highest BCUT2D eigenvalue weighted by Gasteiger charge is 2.15. The van der Waals surface area contributed by atoms with Gasteiger partial charge < -0.3 is 11.1 Å². The Hall–Kier alpha value is -4.60. The standard InChI is InChI=1S/C23H19FN6O3/c24-18-8-5-15(6-9-18)17-7-10-19(25)20(13-17)26-23(31)21-14-29(28-27-21)12-11-16-3-1-2-4-22(16)30(32)33/h1-10,13-14H,11-12,25H2,(H,26,31).